The van der Waals surface area contributed by atoms with E-state index in [9.17, 15) is 0 Å². The Hall–Kier alpha value is -6.70. The van der Waals surface area contributed by atoms with Crippen LogP contribution in [0.2, 0.25) is 0 Å². The zero-order valence-electron chi connectivity index (χ0n) is 27.7. The van der Waals surface area contributed by atoms with Gasteiger partial charge in [0, 0.05) is 10.8 Å². The van der Waals surface area contributed by atoms with E-state index in [4.69, 9.17) is 4.42 Å². The maximum Gasteiger partial charge on any atom is 0.136 e. The standard InChI is InChI=1S/C50H30O/c1-2-12-35-30-48-46(28-34(35)11-1)45-29-38(24-25-47(45)51-48)50-42-18-7-5-16-40(42)49(41-17-6-8-19-43(41)50)37-14-9-13-33(26-37)36-23-22-32-21-20-31-10-3-4-15-39(31)44(32)27-36/h1-30H. The van der Waals surface area contributed by atoms with E-state index in [1.54, 1.807) is 0 Å². The van der Waals surface area contributed by atoms with E-state index in [0.29, 0.717) is 0 Å². The summed E-state index contributed by atoms with van der Waals surface area (Å²) in [6.45, 7) is 0. The molecule has 1 aromatic heterocycles. The second kappa shape index (κ2) is 10.9. The van der Waals surface area contributed by atoms with Gasteiger partial charge in [-0.1, -0.05) is 146 Å². The molecule has 1 heteroatoms. The molecule has 0 spiro atoms. The minimum atomic E-state index is 0.910. The molecule has 236 valence electrons. The van der Waals surface area contributed by atoms with Crippen molar-refractivity contribution >= 4 is 75.8 Å². The van der Waals surface area contributed by atoms with Gasteiger partial charge in [-0.2, -0.15) is 0 Å². The SMILES string of the molecule is c1cc(-c2ccc3ccc4ccccc4c3c2)cc(-c2c3ccccc3c(-c3ccc4oc5cc6ccccc6cc5c4c3)c3ccccc23)c1. The molecule has 10 aromatic carbocycles. The molecule has 0 radical (unpaired) electrons. The molecule has 0 N–H and O–H groups in total. The van der Waals surface area contributed by atoms with Gasteiger partial charge in [-0.15, -0.1) is 0 Å². The average molecular weight is 647 g/mol. The highest BCUT2D eigenvalue weighted by molar-refractivity contribution is 6.22. The molecular weight excluding hydrogens is 617 g/mol. The molecule has 0 bridgehead atoms. The molecule has 0 atom stereocenters. The van der Waals surface area contributed by atoms with E-state index in [2.05, 4.69) is 182 Å². The molecular formula is C50H30O. The Morgan fingerprint density at radius 3 is 1.41 bits per heavy atom. The van der Waals surface area contributed by atoms with Gasteiger partial charge in [0.1, 0.15) is 11.2 Å². The smallest absolute Gasteiger partial charge is 0.136 e. The lowest BCUT2D eigenvalue weighted by Gasteiger charge is -2.18. The molecule has 11 aromatic rings. The predicted octanol–water partition coefficient (Wildman–Crippen LogP) is 14.4. The number of rotatable bonds is 3. The molecule has 0 aliphatic carbocycles. The topological polar surface area (TPSA) is 13.1 Å². The lowest BCUT2D eigenvalue weighted by Crippen LogP contribution is -1.91. The molecule has 0 fully saturated rings. The highest BCUT2D eigenvalue weighted by Crippen LogP contribution is 2.45. The van der Waals surface area contributed by atoms with Crippen molar-refractivity contribution in [1.29, 1.82) is 0 Å². The van der Waals surface area contributed by atoms with Gasteiger partial charge >= 0.3 is 0 Å². The van der Waals surface area contributed by atoms with Crippen molar-refractivity contribution in [1.82, 2.24) is 0 Å². The van der Waals surface area contributed by atoms with Crippen LogP contribution in [0.4, 0.5) is 0 Å². The Morgan fingerprint density at radius 1 is 0.235 bits per heavy atom. The summed E-state index contributed by atoms with van der Waals surface area (Å²) in [7, 11) is 0. The Labute approximate surface area is 294 Å². The van der Waals surface area contributed by atoms with Gasteiger partial charge in [0.05, 0.1) is 0 Å². The van der Waals surface area contributed by atoms with Crippen LogP contribution in [0.3, 0.4) is 0 Å². The van der Waals surface area contributed by atoms with Crippen LogP contribution in [-0.4, -0.2) is 0 Å². The van der Waals surface area contributed by atoms with Crippen molar-refractivity contribution in [3.05, 3.63) is 182 Å². The van der Waals surface area contributed by atoms with Crippen molar-refractivity contribution in [3.8, 4) is 33.4 Å². The number of benzene rings is 10. The van der Waals surface area contributed by atoms with E-state index in [0.717, 1.165) is 21.9 Å². The third kappa shape index (κ3) is 4.35. The minimum absolute atomic E-state index is 0.910. The third-order valence-corrected chi connectivity index (χ3v) is 10.8. The first kappa shape index (κ1) is 28.2. The first-order valence-corrected chi connectivity index (χ1v) is 17.6. The summed E-state index contributed by atoms with van der Waals surface area (Å²) in [5, 5.41) is 14.8. The normalized spacial score (nSPS) is 11.9. The lowest BCUT2D eigenvalue weighted by atomic mass is 9.85. The van der Waals surface area contributed by atoms with E-state index in [1.807, 2.05) is 0 Å². The van der Waals surface area contributed by atoms with E-state index in [-0.39, 0.29) is 0 Å². The summed E-state index contributed by atoms with van der Waals surface area (Å²) in [4.78, 5) is 0. The summed E-state index contributed by atoms with van der Waals surface area (Å²) in [6, 6.07) is 66.5. The average Bonchev–Trinajstić information content (AvgIpc) is 3.55. The number of hydrogen-bond donors (Lipinski definition) is 0. The van der Waals surface area contributed by atoms with Crippen LogP contribution in [0.25, 0.3) is 109 Å². The maximum atomic E-state index is 6.40. The quantitative estimate of drug-likeness (QED) is 0.138. The molecule has 0 unspecified atom stereocenters. The Balaban J connectivity index is 1.13. The number of fused-ring (bicyclic) bond motifs is 9. The molecule has 0 aliphatic rings. The second-order valence-electron chi connectivity index (χ2n) is 13.7. The van der Waals surface area contributed by atoms with E-state index in [1.165, 1.54) is 87.2 Å². The van der Waals surface area contributed by atoms with Gasteiger partial charge < -0.3 is 4.42 Å². The van der Waals surface area contributed by atoms with Crippen molar-refractivity contribution in [2.24, 2.45) is 0 Å². The van der Waals surface area contributed by atoms with Crippen molar-refractivity contribution in [2.75, 3.05) is 0 Å². The summed E-state index contributed by atoms with van der Waals surface area (Å²) < 4.78 is 6.40. The second-order valence-corrected chi connectivity index (χ2v) is 13.7. The van der Waals surface area contributed by atoms with Crippen LogP contribution in [0.5, 0.6) is 0 Å². The van der Waals surface area contributed by atoms with Gasteiger partial charge in [-0.05, 0) is 124 Å². The van der Waals surface area contributed by atoms with Crippen LogP contribution in [0.1, 0.15) is 0 Å². The van der Waals surface area contributed by atoms with Crippen molar-refractivity contribution in [3.63, 3.8) is 0 Å². The zero-order chi connectivity index (χ0) is 33.5. The van der Waals surface area contributed by atoms with E-state index >= 15 is 0 Å². The molecule has 0 aliphatic heterocycles. The molecule has 51 heavy (non-hydrogen) atoms. The molecule has 1 heterocycles. The summed E-state index contributed by atoms with van der Waals surface area (Å²) >= 11 is 0. The Kier molecular flexibility index (Phi) is 6.02. The fourth-order valence-corrected chi connectivity index (χ4v) is 8.40. The van der Waals surface area contributed by atoms with Crippen molar-refractivity contribution in [2.45, 2.75) is 0 Å². The fourth-order valence-electron chi connectivity index (χ4n) is 8.40. The van der Waals surface area contributed by atoms with E-state index < -0.39 is 0 Å². The number of furan rings is 1. The molecule has 0 saturated heterocycles. The van der Waals surface area contributed by atoms with Crippen LogP contribution >= 0.6 is 0 Å². The lowest BCUT2D eigenvalue weighted by molar-refractivity contribution is 0.669. The zero-order valence-corrected chi connectivity index (χ0v) is 27.7. The Bertz CT molecular complexity index is 3140. The predicted molar refractivity (Wildman–Crippen MR) is 218 cm³/mol. The molecule has 0 amide bonds. The Morgan fingerprint density at radius 2 is 0.706 bits per heavy atom. The van der Waals surface area contributed by atoms with Crippen LogP contribution in [0.15, 0.2) is 186 Å². The van der Waals surface area contributed by atoms with Crippen LogP contribution in [0, 0.1) is 0 Å². The van der Waals surface area contributed by atoms with Gasteiger partial charge in [0.2, 0.25) is 0 Å². The number of hydrogen-bond acceptors (Lipinski definition) is 1. The van der Waals surface area contributed by atoms with Gasteiger partial charge in [0.15, 0.2) is 0 Å². The monoisotopic (exact) mass is 646 g/mol. The highest BCUT2D eigenvalue weighted by Gasteiger charge is 2.18. The maximum absolute atomic E-state index is 6.40. The summed E-state index contributed by atoms with van der Waals surface area (Å²) in [5.41, 5.74) is 9.18. The first-order chi connectivity index (χ1) is 25.3. The first-order valence-electron chi connectivity index (χ1n) is 17.6. The van der Waals surface area contributed by atoms with Gasteiger partial charge in [0.25, 0.3) is 0 Å². The summed E-state index contributed by atoms with van der Waals surface area (Å²) in [5.74, 6) is 0. The molecule has 0 saturated carbocycles. The molecule has 1 nitrogen and oxygen atoms in total. The van der Waals surface area contributed by atoms with Crippen LogP contribution in [-0.2, 0) is 0 Å². The van der Waals surface area contributed by atoms with Gasteiger partial charge in [-0.25, -0.2) is 0 Å². The minimum Gasteiger partial charge on any atom is -0.456 e. The third-order valence-electron chi connectivity index (χ3n) is 10.8. The largest absolute Gasteiger partial charge is 0.456 e. The van der Waals surface area contributed by atoms with Crippen LogP contribution < -0.4 is 0 Å². The molecule has 11 rings (SSSR count). The summed E-state index contributed by atoms with van der Waals surface area (Å²) in [6.07, 6.45) is 0. The van der Waals surface area contributed by atoms with Crippen molar-refractivity contribution < 1.29 is 4.42 Å². The highest BCUT2D eigenvalue weighted by atomic mass is 16.3. The fraction of sp³-hybridized carbons (Fsp3) is 0. The van der Waals surface area contributed by atoms with Gasteiger partial charge in [-0.3, -0.25) is 0 Å².